The van der Waals surface area contributed by atoms with Gasteiger partial charge in [0.25, 0.3) is 0 Å². The maximum absolute atomic E-state index is 4.17. The number of nitrogens with zero attached hydrogens (tertiary/aromatic N) is 1. The van der Waals surface area contributed by atoms with E-state index in [0.29, 0.717) is 6.04 Å². The number of nitrogens with one attached hydrogen (secondary N) is 2. The number of hydrogen-bond donors (Lipinski definition) is 2. The van der Waals surface area contributed by atoms with E-state index in [1.54, 1.807) is 0 Å². The van der Waals surface area contributed by atoms with E-state index in [2.05, 4.69) is 21.7 Å². The van der Waals surface area contributed by atoms with Gasteiger partial charge >= 0.3 is 0 Å². The highest BCUT2D eigenvalue weighted by Gasteiger charge is 2.18. The molecule has 3 nitrogen and oxygen atoms in total. The summed E-state index contributed by atoms with van der Waals surface area (Å²) in [5.74, 6) is 0. The fourth-order valence-electron chi connectivity index (χ4n) is 1.35. The lowest BCUT2D eigenvalue weighted by atomic mass is 10.2. The maximum atomic E-state index is 4.17. The van der Waals surface area contributed by atoms with Gasteiger partial charge in [0, 0.05) is 18.5 Å². The van der Waals surface area contributed by atoms with Crippen LogP contribution in [0.5, 0.6) is 0 Å². The fourth-order valence-corrected chi connectivity index (χ4v) is 1.35. The first-order chi connectivity index (χ1) is 4.97. The molecule has 1 unspecified atom stereocenters. The molecule has 1 saturated heterocycles. The lowest BCUT2D eigenvalue weighted by molar-refractivity contribution is 0.624. The first kappa shape index (κ1) is 5.92. The Bertz CT molecular complexity index is 183. The van der Waals surface area contributed by atoms with Crippen molar-refractivity contribution in [3.63, 3.8) is 0 Å². The molecule has 54 valence electrons. The monoisotopic (exact) mass is 137 g/mol. The molecule has 0 aliphatic carbocycles. The van der Waals surface area contributed by atoms with Gasteiger partial charge in [-0.15, -0.1) is 0 Å². The van der Waals surface area contributed by atoms with E-state index >= 15 is 0 Å². The van der Waals surface area contributed by atoms with Gasteiger partial charge in [-0.1, -0.05) is 0 Å². The van der Waals surface area contributed by atoms with Crippen molar-refractivity contribution in [2.75, 3.05) is 13.2 Å². The van der Waals surface area contributed by atoms with Crippen LogP contribution in [0.25, 0.3) is 0 Å². The minimum Gasteiger partial charge on any atom is -0.374 e. The Morgan fingerprint density at radius 2 is 2.60 bits per heavy atom. The summed E-state index contributed by atoms with van der Waals surface area (Å²) in [6, 6.07) is 0.530. The molecule has 0 bridgehead atoms. The molecule has 0 aromatic carbocycles. The van der Waals surface area contributed by atoms with Crippen LogP contribution in [0.1, 0.15) is 6.42 Å². The third kappa shape index (κ3) is 0.926. The van der Waals surface area contributed by atoms with Gasteiger partial charge in [0.1, 0.15) is 0 Å². The second-order valence-corrected chi connectivity index (χ2v) is 2.58. The summed E-state index contributed by atoms with van der Waals surface area (Å²) in [4.78, 5) is 4.17. The highest BCUT2D eigenvalue weighted by atomic mass is 15.2. The van der Waals surface area contributed by atoms with E-state index in [1.807, 2.05) is 6.21 Å². The highest BCUT2D eigenvalue weighted by Crippen LogP contribution is 2.09. The van der Waals surface area contributed by atoms with Gasteiger partial charge in [-0.3, -0.25) is 10.3 Å². The van der Waals surface area contributed by atoms with Gasteiger partial charge in [-0.25, -0.2) is 0 Å². The first-order valence-corrected chi connectivity index (χ1v) is 3.64. The molecule has 0 aromatic heterocycles. The molecular formula is C7H11N3. The van der Waals surface area contributed by atoms with Crippen LogP contribution in [0.3, 0.4) is 0 Å². The zero-order valence-corrected chi connectivity index (χ0v) is 5.80. The second kappa shape index (κ2) is 2.42. The Kier molecular flexibility index (Phi) is 1.43. The van der Waals surface area contributed by atoms with Crippen molar-refractivity contribution >= 4 is 6.21 Å². The topological polar surface area (TPSA) is 36.4 Å². The molecule has 1 fully saturated rings. The van der Waals surface area contributed by atoms with Crippen LogP contribution in [0.2, 0.25) is 0 Å². The zero-order chi connectivity index (χ0) is 6.81. The lowest BCUT2D eigenvalue weighted by Crippen LogP contribution is -2.22. The molecular weight excluding hydrogens is 126 g/mol. The van der Waals surface area contributed by atoms with Gasteiger partial charge < -0.3 is 5.32 Å². The molecule has 0 spiro atoms. The molecule has 3 heteroatoms. The Labute approximate surface area is 60.2 Å². The smallest absolute Gasteiger partial charge is 0.0656 e. The molecule has 0 saturated carbocycles. The van der Waals surface area contributed by atoms with Crippen LogP contribution < -0.4 is 10.6 Å². The molecule has 10 heavy (non-hydrogen) atoms. The van der Waals surface area contributed by atoms with Gasteiger partial charge in [0.05, 0.1) is 12.7 Å². The molecule has 2 rings (SSSR count). The molecule has 0 aromatic rings. The molecule has 2 aliphatic heterocycles. The van der Waals surface area contributed by atoms with Crippen molar-refractivity contribution in [1.29, 1.82) is 0 Å². The van der Waals surface area contributed by atoms with Gasteiger partial charge in [-0.05, 0) is 12.5 Å². The van der Waals surface area contributed by atoms with Crippen molar-refractivity contribution in [3.05, 3.63) is 11.8 Å². The van der Waals surface area contributed by atoms with Crippen LogP contribution in [0.15, 0.2) is 16.8 Å². The SMILES string of the molecule is C1=NCCC2NCNC2=C1. The lowest BCUT2D eigenvalue weighted by Gasteiger charge is -2.05. The predicted molar refractivity (Wildman–Crippen MR) is 41.0 cm³/mol. The quantitative estimate of drug-likeness (QED) is 0.487. The summed E-state index contributed by atoms with van der Waals surface area (Å²) in [5, 5.41) is 6.60. The average Bonchev–Trinajstić information content (AvgIpc) is 2.28. The Hall–Kier alpha value is -0.830. The number of fused-ring (bicyclic) bond motifs is 1. The molecule has 0 radical (unpaired) electrons. The summed E-state index contributed by atoms with van der Waals surface area (Å²) in [6.45, 7) is 1.85. The third-order valence-corrected chi connectivity index (χ3v) is 1.92. The molecule has 2 N–H and O–H groups in total. The van der Waals surface area contributed by atoms with Crippen molar-refractivity contribution in [2.45, 2.75) is 12.5 Å². The van der Waals surface area contributed by atoms with Crippen LogP contribution >= 0.6 is 0 Å². The van der Waals surface area contributed by atoms with Gasteiger partial charge in [-0.2, -0.15) is 0 Å². The zero-order valence-electron chi connectivity index (χ0n) is 5.80. The number of hydrogen-bond acceptors (Lipinski definition) is 3. The minimum absolute atomic E-state index is 0.530. The summed E-state index contributed by atoms with van der Waals surface area (Å²) < 4.78 is 0. The Morgan fingerprint density at radius 3 is 3.60 bits per heavy atom. The van der Waals surface area contributed by atoms with Crippen molar-refractivity contribution in [2.24, 2.45) is 4.99 Å². The van der Waals surface area contributed by atoms with Crippen molar-refractivity contribution in [1.82, 2.24) is 10.6 Å². The summed E-state index contributed by atoms with van der Waals surface area (Å²) in [7, 11) is 0. The van der Waals surface area contributed by atoms with Crippen molar-refractivity contribution in [3.8, 4) is 0 Å². The van der Waals surface area contributed by atoms with Crippen LogP contribution in [-0.4, -0.2) is 25.5 Å². The van der Waals surface area contributed by atoms with E-state index in [4.69, 9.17) is 0 Å². The molecule has 2 aliphatic rings. The Morgan fingerprint density at radius 1 is 1.60 bits per heavy atom. The molecule has 0 amide bonds. The number of rotatable bonds is 0. The number of aliphatic imine (C=N–C) groups is 1. The van der Waals surface area contributed by atoms with Crippen molar-refractivity contribution < 1.29 is 0 Å². The van der Waals surface area contributed by atoms with E-state index in [9.17, 15) is 0 Å². The van der Waals surface area contributed by atoms with E-state index in [1.165, 1.54) is 5.70 Å². The second-order valence-electron chi connectivity index (χ2n) is 2.58. The Balaban J connectivity index is 2.18. The van der Waals surface area contributed by atoms with Crippen LogP contribution in [0, 0.1) is 0 Å². The summed E-state index contributed by atoms with van der Waals surface area (Å²) >= 11 is 0. The van der Waals surface area contributed by atoms with Gasteiger partial charge in [0.2, 0.25) is 0 Å². The molecule has 1 atom stereocenters. The standard InChI is InChI=1S/C7H11N3/c1-3-8-4-2-7-6(1)9-5-10-7/h1,3,7,9-10H,2,4-5H2. The van der Waals surface area contributed by atoms with E-state index < -0.39 is 0 Å². The van der Waals surface area contributed by atoms with Crippen LogP contribution in [-0.2, 0) is 0 Å². The predicted octanol–water partition coefficient (Wildman–Crippen LogP) is -0.136. The normalized spacial score (nSPS) is 30.4. The largest absolute Gasteiger partial charge is 0.374 e. The maximum Gasteiger partial charge on any atom is 0.0656 e. The highest BCUT2D eigenvalue weighted by molar-refractivity contribution is 5.72. The first-order valence-electron chi connectivity index (χ1n) is 3.64. The van der Waals surface area contributed by atoms with E-state index in [-0.39, 0.29) is 0 Å². The summed E-state index contributed by atoms with van der Waals surface area (Å²) in [6.07, 6.45) is 5.06. The fraction of sp³-hybridized carbons (Fsp3) is 0.571. The van der Waals surface area contributed by atoms with E-state index in [0.717, 1.165) is 19.6 Å². The minimum atomic E-state index is 0.530. The average molecular weight is 137 g/mol. The number of allylic oxidation sites excluding steroid dienone is 1. The van der Waals surface area contributed by atoms with Gasteiger partial charge in [0.15, 0.2) is 0 Å². The van der Waals surface area contributed by atoms with Crippen LogP contribution in [0.4, 0.5) is 0 Å². The summed E-state index contributed by atoms with van der Waals surface area (Å²) in [5.41, 5.74) is 1.29. The third-order valence-electron chi connectivity index (χ3n) is 1.92. The molecule has 2 heterocycles.